The molecule has 0 aliphatic heterocycles. The van der Waals surface area contributed by atoms with Crippen LogP contribution in [-0.2, 0) is 20.4 Å². The summed E-state index contributed by atoms with van der Waals surface area (Å²) in [7, 11) is -3.72. The predicted molar refractivity (Wildman–Crippen MR) is 140 cm³/mol. The second-order valence-corrected chi connectivity index (χ2v) is 11.0. The molecule has 0 radical (unpaired) electrons. The molecular formula is C25H26ClN5O5S. The van der Waals surface area contributed by atoms with Gasteiger partial charge in [0.25, 0.3) is 0 Å². The normalized spacial score (nSPS) is 12.0. The molecule has 0 aliphatic carbocycles. The van der Waals surface area contributed by atoms with Crippen molar-refractivity contribution in [2.24, 2.45) is 0 Å². The fourth-order valence-electron chi connectivity index (χ4n) is 3.77. The molecule has 0 saturated heterocycles. The van der Waals surface area contributed by atoms with E-state index in [-0.39, 0.29) is 30.0 Å². The van der Waals surface area contributed by atoms with Crippen molar-refractivity contribution in [3.63, 3.8) is 0 Å². The Morgan fingerprint density at radius 2 is 1.78 bits per heavy atom. The number of aromatic amines is 1. The van der Waals surface area contributed by atoms with E-state index in [0.29, 0.717) is 33.2 Å². The van der Waals surface area contributed by atoms with Crippen LogP contribution in [0.4, 0.5) is 0 Å². The van der Waals surface area contributed by atoms with Crippen LogP contribution < -0.4 is 14.8 Å². The summed E-state index contributed by atoms with van der Waals surface area (Å²) in [6, 6.07) is 15.3. The number of ether oxygens (including phenoxy) is 1. The van der Waals surface area contributed by atoms with Crippen molar-refractivity contribution in [1.29, 1.82) is 0 Å². The number of amides is 1. The first-order valence-electron chi connectivity index (χ1n) is 11.3. The molecule has 2 aromatic carbocycles. The van der Waals surface area contributed by atoms with Crippen molar-refractivity contribution in [1.82, 2.24) is 25.0 Å². The number of carbonyl (C=O) groups is 1. The summed E-state index contributed by atoms with van der Waals surface area (Å²) in [6.07, 6.45) is 0. The molecule has 12 heteroatoms. The van der Waals surface area contributed by atoms with Crippen LogP contribution in [-0.4, -0.2) is 47.5 Å². The van der Waals surface area contributed by atoms with Gasteiger partial charge in [0, 0.05) is 19.0 Å². The van der Waals surface area contributed by atoms with E-state index >= 15 is 0 Å². The molecule has 37 heavy (non-hydrogen) atoms. The number of aromatic nitrogens is 3. The van der Waals surface area contributed by atoms with Crippen LogP contribution in [0, 0.1) is 0 Å². The first kappa shape index (κ1) is 26.6. The number of rotatable bonds is 9. The number of aliphatic hydroxyl groups is 1. The lowest BCUT2D eigenvalue weighted by Crippen LogP contribution is -2.39. The Hall–Kier alpha value is -3.51. The molecule has 0 spiro atoms. The molecule has 0 saturated carbocycles. The topological polar surface area (TPSA) is 146 Å². The van der Waals surface area contributed by atoms with E-state index in [1.807, 2.05) is 26.0 Å². The van der Waals surface area contributed by atoms with Crippen LogP contribution >= 0.6 is 11.6 Å². The summed E-state index contributed by atoms with van der Waals surface area (Å²) in [5.41, 5.74) is 2.37. The number of hydrogen-bond acceptors (Lipinski definition) is 7. The number of nitrogens with one attached hydrogen (secondary N) is 3. The summed E-state index contributed by atoms with van der Waals surface area (Å²) in [6.45, 7) is 4.93. The molecule has 0 unspecified atom stereocenters. The highest BCUT2D eigenvalue weighted by atomic mass is 35.5. The van der Waals surface area contributed by atoms with Crippen molar-refractivity contribution in [2.75, 3.05) is 13.2 Å². The average molecular weight is 544 g/mol. The first-order valence-corrected chi connectivity index (χ1v) is 13.2. The number of halogens is 1. The second kappa shape index (κ2) is 10.5. The van der Waals surface area contributed by atoms with Crippen LogP contribution in [0.15, 0.2) is 59.5 Å². The number of sulfonamides is 1. The molecule has 4 N–H and O–H groups in total. The van der Waals surface area contributed by atoms with Gasteiger partial charge in [-0.3, -0.25) is 4.79 Å². The lowest BCUT2D eigenvalue weighted by atomic mass is 9.94. The maximum absolute atomic E-state index is 12.2. The number of imidazole rings is 1. The van der Waals surface area contributed by atoms with Crippen LogP contribution in [0.3, 0.4) is 0 Å². The molecule has 0 atom stereocenters. The third-order valence-electron chi connectivity index (χ3n) is 5.53. The van der Waals surface area contributed by atoms with E-state index in [4.69, 9.17) is 21.4 Å². The highest BCUT2D eigenvalue weighted by molar-refractivity contribution is 7.89. The Bertz CT molecular complexity index is 1530. The summed E-state index contributed by atoms with van der Waals surface area (Å²) >= 11 is 6.46. The fourth-order valence-corrected chi connectivity index (χ4v) is 5.05. The molecule has 10 nitrogen and oxygen atoms in total. The molecule has 0 bridgehead atoms. The van der Waals surface area contributed by atoms with E-state index in [9.17, 15) is 13.2 Å². The van der Waals surface area contributed by atoms with Crippen LogP contribution in [0.1, 0.15) is 26.3 Å². The molecule has 2 aromatic heterocycles. The molecule has 4 rings (SSSR count). The zero-order valence-corrected chi connectivity index (χ0v) is 21.9. The van der Waals surface area contributed by atoms with Crippen molar-refractivity contribution >= 4 is 38.7 Å². The van der Waals surface area contributed by atoms with Gasteiger partial charge >= 0.3 is 6.01 Å². The number of fused-ring (bicyclic) bond motifs is 1. The number of hydrogen-bond donors (Lipinski definition) is 4. The smallest absolute Gasteiger partial charge is 0.301 e. The van der Waals surface area contributed by atoms with Gasteiger partial charge in [0.1, 0.15) is 5.75 Å². The summed E-state index contributed by atoms with van der Waals surface area (Å²) < 4.78 is 32.6. The van der Waals surface area contributed by atoms with Crippen molar-refractivity contribution in [3.8, 4) is 23.0 Å². The standard InChI is InChI=1S/C25H26ClN5O5S/c1-15(33)31-25(2,3)17-6-8-18(9-7-17)36-24-28-21-14-20(26)22(29-23(21)30-24)16-4-10-19(11-5-16)37(34,35)27-12-13-32/h4-11,14,27,32H,12-13H2,1-3H3,(H,31,33)(H,28,29,30). The number of aliphatic hydroxyl groups excluding tert-OH is 1. The van der Waals surface area contributed by atoms with Gasteiger partial charge in [0.15, 0.2) is 5.65 Å². The van der Waals surface area contributed by atoms with E-state index < -0.39 is 15.6 Å². The molecule has 2 heterocycles. The SMILES string of the molecule is CC(=O)NC(C)(C)c1ccc(Oc2nc3nc(-c4ccc(S(=O)(=O)NCCO)cc4)c(Cl)cc3[nH]2)cc1. The number of carbonyl (C=O) groups excluding carboxylic acids is 1. The third kappa shape index (κ3) is 6.08. The number of pyridine rings is 1. The Labute approximate surface area is 219 Å². The van der Waals surface area contributed by atoms with E-state index in [1.54, 1.807) is 30.3 Å². The predicted octanol–water partition coefficient (Wildman–Crippen LogP) is 3.71. The Morgan fingerprint density at radius 3 is 2.41 bits per heavy atom. The number of benzene rings is 2. The van der Waals surface area contributed by atoms with Gasteiger partial charge in [-0.1, -0.05) is 35.9 Å². The lowest BCUT2D eigenvalue weighted by molar-refractivity contribution is -0.120. The minimum absolute atomic E-state index is 0.0591. The fraction of sp³-hybridized carbons (Fsp3) is 0.240. The van der Waals surface area contributed by atoms with Crippen LogP contribution in [0.2, 0.25) is 5.02 Å². The van der Waals surface area contributed by atoms with Gasteiger partial charge in [0.05, 0.1) is 33.3 Å². The van der Waals surface area contributed by atoms with Gasteiger partial charge in [0.2, 0.25) is 15.9 Å². The maximum Gasteiger partial charge on any atom is 0.301 e. The molecular weight excluding hydrogens is 518 g/mol. The van der Waals surface area contributed by atoms with E-state index in [2.05, 4.69) is 25.0 Å². The number of nitrogens with zero attached hydrogens (tertiary/aromatic N) is 2. The maximum atomic E-state index is 12.2. The van der Waals surface area contributed by atoms with Crippen molar-refractivity contribution in [3.05, 3.63) is 65.2 Å². The second-order valence-electron chi connectivity index (χ2n) is 8.81. The highest BCUT2D eigenvalue weighted by Gasteiger charge is 2.21. The van der Waals surface area contributed by atoms with Crippen molar-refractivity contribution < 1.29 is 23.1 Å². The third-order valence-corrected chi connectivity index (χ3v) is 7.29. The highest BCUT2D eigenvalue weighted by Crippen LogP contribution is 2.31. The Morgan fingerprint density at radius 1 is 1.11 bits per heavy atom. The van der Waals surface area contributed by atoms with Gasteiger partial charge in [-0.15, -0.1) is 0 Å². The Kier molecular flexibility index (Phi) is 7.51. The lowest BCUT2D eigenvalue weighted by Gasteiger charge is -2.26. The molecule has 1 amide bonds. The van der Waals surface area contributed by atoms with Gasteiger partial charge in [-0.05, 0) is 49.7 Å². The first-order chi connectivity index (χ1) is 17.5. The van der Waals surface area contributed by atoms with Gasteiger partial charge in [-0.25, -0.2) is 18.1 Å². The summed E-state index contributed by atoms with van der Waals surface area (Å²) in [4.78, 5) is 23.5. The molecule has 0 fully saturated rings. The van der Waals surface area contributed by atoms with Crippen LogP contribution in [0.5, 0.6) is 11.8 Å². The zero-order valence-electron chi connectivity index (χ0n) is 20.4. The minimum atomic E-state index is -3.72. The Balaban J connectivity index is 1.55. The molecule has 0 aliphatic rings. The van der Waals surface area contributed by atoms with E-state index in [0.717, 1.165) is 5.56 Å². The quantitative estimate of drug-likeness (QED) is 0.251. The van der Waals surface area contributed by atoms with Gasteiger partial charge in [-0.2, -0.15) is 4.98 Å². The van der Waals surface area contributed by atoms with Crippen LogP contribution in [0.25, 0.3) is 22.4 Å². The largest absolute Gasteiger partial charge is 0.426 e. The monoisotopic (exact) mass is 543 g/mol. The molecule has 4 aromatic rings. The zero-order chi connectivity index (χ0) is 26.8. The summed E-state index contributed by atoms with van der Waals surface area (Å²) in [5, 5.41) is 12.1. The average Bonchev–Trinajstić information content (AvgIpc) is 3.22. The van der Waals surface area contributed by atoms with E-state index in [1.165, 1.54) is 19.1 Å². The number of H-pyrrole nitrogens is 1. The minimum Gasteiger partial charge on any atom is -0.426 e. The van der Waals surface area contributed by atoms with Crippen molar-refractivity contribution in [2.45, 2.75) is 31.2 Å². The summed E-state index contributed by atoms with van der Waals surface area (Å²) in [5.74, 6) is 0.425. The molecule has 194 valence electrons. The van der Waals surface area contributed by atoms with Gasteiger partial charge < -0.3 is 20.1 Å².